The summed E-state index contributed by atoms with van der Waals surface area (Å²) in [7, 11) is 3.06. The zero-order valence-electron chi connectivity index (χ0n) is 15.6. The number of anilines is 1. The van der Waals surface area contributed by atoms with E-state index in [9.17, 15) is 9.59 Å². The summed E-state index contributed by atoms with van der Waals surface area (Å²) in [6.07, 6.45) is 0. The summed E-state index contributed by atoms with van der Waals surface area (Å²) < 4.78 is 10.7. The Balaban J connectivity index is 2.02. The van der Waals surface area contributed by atoms with Gasteiger partial charge in [0.05, 0.1) is 36.5 Å². The van der Waals surface area contributed by atoms with Crippen molar-refractivity contribution in [3.05, 3.63) is 64.3 Å². The molecule has 1 heterocycles. The normalized spacial score (nSPS) is 16.1. The maximum atomic E-state index is 13.1. The van der Waals surface area contributed by atoms with Crippen LogP contribution < -0.4 is 25.4 Å². The van der Waals surface area contributed by atoms with E-state index in [-0.39, 0.29) is 5.91 Å². The number of methoxy groups -OCH3 is 2. The average Bonchev–Trinajstić information content (AvgIpc) is 2.68. The fraction of sp³-hybridized carbons (Fsp3) is 0.200. The summed E-state index contributed by atoms with van der Waals surface area (Å²) in [6, 6.07) is 11.0. The number of allylic oxidation sites excluding steroid dienone is 1. The molecule has 0 radical (unpaired) electrons. The van der Waals surface area contributed by atoms with Gasteiger partial charge in [0.1, 0.15) is 11.5 Å². The second kappa shape index (κ2) is 8.22. The summed E-state index contributed by atoms with van der Waals surface area (Å²) in [5.74, 6) is 0.701. The van der Waals surface area contributed by atoms with E-state index in [1.165, 1.54) is 7.11 Å². The maximum absolute atomic E-state index is 13.1. The molecule has 0 saturated heterocycles. The number of benzene rings is 2. The van der Waals surface area contributed by atoms with Crippen molar-refractivity contribution in [2.45, 2.75) is 13.0 Å². The zero-order valence-corrected chi connectivity index (χ0v) is 16.4. The van der Waals surface area contributed by atoms with Gasteiger partial charge in [-0.15, -0.1) is 0 Å². The van der Waals surface area contributed by atoms with Crippen LogP contribution in [0.4, 0.5) is 10.5 Å². The highest BCUT2D eigenvalue weighted by Crippen LogP contribution is 2.36. The molecule has 146 valence electrons. The lowest BCUT2D eigenvalue weighted by atomic mass is 9.94. The molecule has 1 atom stereocenters. The topological polar surface area (TPSA) is 88.7 Å². The van der Waals surface area contributed by atoms with Gasteiger partial charge in [-0.25, -0.2) is 4.79 Å². The highest BCUT2D eigenvalue weighted by atomic mass is 35.5. The second-order valence-corrected chi connectivity index (χ2v) is 6.52. The number of para-hydroxylation sites is 1. The smallest absolute Gasteiger partial charge is 0.319 e. The first kappa shape index (κ1) is 19.6. The van der Waals surface area contributed by atoms with E-state index in [4.69, 9.17) is 21.1 Å². The number of rotatable bonds is 5. The van der Waals surface area contributed by atoms with Gasteiger partial charge in [-0.3, -0.25) is 4.79 Å². The van der Waals surface area contributed by atoms with E-state index in [2.05, 4.69) is 16.0 Å². The van der Waals surface area contributed by atoms with E-state index in [1.54, 1.807) is 56.5 Å². The van der Waals surface area contributed by atoms with Gasteiger partial charge in [-0.2, -0.15) is 0 Å². The highest BCUT2D eigenvalue weighted by Gasteiger charge is 2.33. The van der Waals surface area contributed by atoms with Gasteiger partial charge < -0.3 is 25.4 Å². The van der Waals surface area contributed by atoms with Gasteiger partial charge in [0.15, 0.2) is 0 Å². The number of hydrogen-bond donors (Lipinski definition) is 3. The molecule has 0 aromatic heterocycles. The number of carbonyl (C=O) groups excluding carboxylic acids is 2. The van der Waals surface area contributed by atoms with Crippen molar-refractivity contribution >= 4 is 29.2 Å². The fourth-order valence-corrected chi connectivity index (χ4v) is 3.22. The van der Waals surface area contributed by atoms with Crippen LogP contribution in [-0.2, 0) is 4.79 Å². The molecule has 3 rings (SSSR count). The molecule has 0 fully saturated rings. The number of nitrogens with one attached hydrogen (secondary N) is 3. The Morgan fingerprint density at radius 3 is 2.57 bits per heavy atom. The van der Waals surface area contributed by atoms with E-state index in [1.807, 2.05) is 0 Å². The summed E-state index contributed by atoms with van der Waals surface area (Å²) in [4.78, 5) is 25.1. The molecule has 1 unspecified atom stereocenters. The Morgan fingerprint density at radius 1 is 1.14 bits per heavy atom. The molecule has 8 heteroatoms. The van der Waals surface area contributed by atoms with Gasteiger partial charge in [0.2, 0.25) is 0 Å². The third kappa shape index (κ3) is 3.89. The fourth-order valence-electron chi connectivity index (χ4n) is 3.04. The Labute approximate surface area is 167 Å². The first-order chi connectivity index (χ1) is 13.4. The van der Waals surface area contributed by atoms with Crippen molar-refractivity contribution in [1.29, 1.82) is 0 Å². The Bertz CT molecular complexity index is 958. The number of urea groups is 1. The van der Waals surface area contributed by atoms with Crippen LogP contribution in [0.25, 0.3) is 0 Å². The zero-order chi connectivity index (χ0) is 20.3. The summed E-state index contributed by atoms with van der Waals surface area (Å²) in [5, 5.41) is 8.64. The lowest BCUT2D eigenvalue weighted by Gasteiger charge is -2.29. The van der Waals surface area contributed by atoms with E-state index in [0.29, 0.717) is 39.0 Å². The molecule has 2 aromatic carbocycles. The van der Waals surface area contributed by atoms with Crippen molar-refractivity contribution in [1.82, 2.24) is 10.6 Å². The predicted octanol–water partition coefficient (Wildman–Crippen LogP) is 3.62. The lowest BCUT2D eigenvalue weighted by molar-refractivity contribution is -0.113. The molecule has 7 nitrogen and oxygen atoms in total. The van der Waals surface area contributed by atoms with E-state index >= 15 is 0 Å². The number of halogens is 1. The van der Waals surface area contributed by atoms with Crippen LogP contribution in [0.1, 0.15) is 18.5 Å². The number of carbonyl (C=O) groups is 2. The SMILES string of the molecule is COc1ccc(C2NC(=O)NC(C)=C2C(=O)Nc2ccccc2Cl)c(OC)c1. The van der Waals surface area contributed by atoms with Crippen molar-refractivity contribution in [2.24, 2.45) is 0 Å². The molecule has 0 saturated carbocycles. The largest absolute Gasteiger partial charge is 0.497 e. The van der Waals surface area contributed by atoms with Gasteiger partial charge in [0, 0.05) is 17.3 Å². The monoisotopic (exact) mass is 401 g/mol. The molecule has 0 aliphatic carbocycles. The first-order valence-corrected chi connectivity index (χ1v) is 8.88. The van der Waals surface area contributed by atoms with Gasteiger partial charge >= 0.3 is 6.03 Å². The molecular formula is C20H20ClN3O4. The third-order valence-corrected chi connectivity index (χ3v) is 4.72. The number of ether oxygens (including phenoxy) is 2. The van der Waals surface area contributed by atoms with Crippen LogP contribution >= 0.6 is 11.6 Å². The Morgan fingerprint density at radius 2 is 1.89 bits per heavy atom. The van der Waals surface area contributed by atoms with E-state index < -0.39 is 12.1 Å². The van der Waals surface area contributed by atoms with Crippen molar-refractivity contribution in [3.8, 4) is 11.5 Å². The minimum Gasteiger partial charge on any atom is -0.497 e. The number of amides is 3. The van der Waals surface area contributed by atoms with Crippen LogP contribution in [0.2, 0.25) is 5.02 Å². The molecule has 2 aromatic rings. The summed E-state index contributed by atoms with van der Waals surface area (Å²) in [6.45, 7) is 1.67. The van der Waals surface area contributed by atoms with Crippen LogP contribution in [0.3, 0.4) is 0 Å². The van der Waals surface area contributed by atoms with Crippen molar-refractivity contribution < 1.29 is 19.1 Å². The first-order valence-electron chi connectivity index (χ1n) is 8.50. The molecule has 28 heavy (non-hydrogen) atoms. The average molecular weight is 402 g/mol. The summed E-state index contributed by atoms with van der Waals surface area (Å²) >= 11 is 6.15. The summed E-state index contributed by atoms with van der Waals surface area (Å²) in [5.41, 5.74) is 1.90. The molecule has 3 N–H and O–H groups in total. The molecule has 0 bridgehead atoms. The molecular weight excluding hydrogens is 382 g/mol. The second-order valence-electron chi connectivity index (χ2n) is 6.11. The molecule has 3 amide bonds. The van der Waals surface area contributed by atoms with Crippen LogP contribution in [-0.4, -0.2) is 26.2 Å². The quantitative estimate of drug-likeness (QED) is 0.713. The maximum Gasteiger partial charge on any atom is 0.319 e. The Kier molecular flexibility index (Phi) is 5.75. The van der Waals surface area contributed by atoms with Crippen LogP contribution in [0.15, 0.2) is 53.7 Å². The van der Waals surface area contributed by atoms with E-state index in [0.717, 1.165) is 0 Å². The molecule has 1 aliphatic rings. The Hall–Kier alpha value is -3.19. The third-order valence-electron chi connectivity index (χ3n) is 4.39. The van der Waals surface area contributed by atoms with Gasteiger partial charge in [-0.1, -0.05) is 23.7 Å². The number of hydrogen-bond acceptors (Lipinski definition) is 4. The lowest BCUT2D eigenvalue weighted by Crippen LogP contribution is -2.46. The van der Waals surface area contributed by atoms with Crippen LogP contribution in [0, 0.1) is 0 Å². The minimum absolute atomic E-state index is 0.350. The van der Waals surface area contributed by atoms with Crippen LogP contribution in [0.5, 0.6) is 11.5 Å². The minimum atomic E-state index is -0.711. The van der Waals surface area contributed by atoms with Gasteiger partial charge in [-0.05, 0) is 31.2 Å². The van der Waals surface area contributed by atoms with Gasteiger partial charge in [0.25, 0.3) is 5.91 Å². The van der Waals surface area contributed by atoms with Crippen molar-refractivity contribution in [2.75, 3.05) is 19.5 Å². The highest BCUT2D eigenvalue weighted by molar-refractivity contribution is 6.33. The molecule has 1 aliphatic heterocycles. The molecule has 0 spiro atoms. The predicted molar refractivity (Wildman–Crippen MR) is 107 cm³/mol. The standard InChI is InChI=1S/C20H20ClN3O4/c1-11-17(19(25)23-15-7-5-4-6-14(15)21)18(24-20(26)22-11)13-9-8-12(27-2)10-16(13)28-3/h4-10,18H,1-3H3,(H,23,25)(H2,22,24,26). The van der Waals surface area contributed by atoms with Crippen molar-refractivity contribution in [3.63, 3.8) is 0 Å².